The molecule has 0 N–H and O–H groups in total. The first-order valence-corrected chi connectivity index (χ1v) is 4.40. The van der Waals surface area contributed by atoms with Crippen molar-refractivity contribution in [1.82, 2.24) is 9.32 Å². The molecule has 0 aliphatic rings. The van der Waals surface area contributed by atoms with E-state index >= 15 is 0 Å². The Balaban J connectivity index is 2.87. The maximum Gasteiger partial charge on any atom is 0.142 e. The predicted octanol–water partition coefficient (Wildman–Crippen LogP) is 2.29. The molecule has 62 valence electrons. The third-order valence-corrected chi connectivity index (χ3v) is 2.66. The average molecular weight is 178 g/mol. The third kappa shape index (κ3) is 1.03. The van der Waals surface area contributed by atoms with E-state index in [2.05, 4.69) is 40.4 Å². The third-order valence-electron chi connectivity index (χ3n) is 2.00. The van der Waals surface area contributed by atoms with Crippen LogP contribution in [0.15, 0.2) is 18.3 Å². The summed E-state index contributed by atoms with van der Waals surface area (Å²) in [6.07, 6.45) is 1.89. The Morgan fingerprint density at radius 1 is 1.33 bits per heavy atom. The van der Waals surface area contributed by atoms with Gasteiger partial charge in [0.1, 0.15) is 5.65 Å². The van der Waals surface area contributed by atoms with Crippen molar-refractivity contribution >= 4 is 20.4 Å². The second-order valence-corrected chi connectivity index (χ2v) is 3.60. The zero-order valence-corrected chi connectivity index (χ0v) is 8.36. The number of pyridine rings is 1. The summed E-state index contributed by atoms with van der Waals surface area (Å²) in [6.45, 7) is 4.13. The van der Waals surface area contributed by atoms with Gasteiger partial charge in [-0.25, -0.2) is 4.98 Å². The molecule has 0 aliphatic heterocycles. The van der Waals surface area contributed by atoms with E-state index in [0.29, 0.717) is 0 Å². The van der Waals surface area contributed by atoms with Gasteiger partial charge in [0.25, 0.3) is 0 Å². The van der Waals surface area contributed by atoms with Crippen molar-refractivity contribution < 1.29 is 0 Å². The lowest BCUT2D eigenvalue weighted by Gasteiger charge is -1.96. The molecule has 1 atom stereocenters. The fraction of sp³-hybridized carbons (Fsp3) is 0.222. The zero-order chi connectivity index (χ0) is 8.72. The lowest BCUT2D eigenvalue weighted by Crippen LogP contribution is -1.84. The smallest absolute Gasteiger partial charge is 0.142 e. The van der Waals surface area contributed by atoms with Gasteiger partial charge in [0.2, 0.25) is 0 Å². The molecule has 1 unspecified atom stereocenters. The number of aromatic nitrogens is 2. The minimum Gasteiger partial charge on any atom is -0.314 e. The van der Waals surface area contributed by atoms with E-state index in [0.717, 1.165) is 5.65 Å². The topological polar surface area (TPSA) is 17.8 Å². The number of aryl methyl sites for hydroxylation is 2. The maximum atomic E-state index is 4.34. The van der Waals surface area contributed by atoms with Gasteiger partial charge in [-0.1, -0.05) is 0 Å². The van der Waals surface area contributed by atoms with E-state index < -0.39 is 0 Å². The molecule has 12 heavy (non-hydrogen) atoms. The fourth-order valence-electron chi connectivity index (χ4n) is 1.35. The van der Waals surface area contributed by atoms with Crippen molar-refractivity contribution in [2.24, 2.45) is 0 Å². The van der Waals surface area contributed by atoms with Crippen LogP contribution < -0.4 is 0 Å². The van der Waals surface area contributed by atoms with Crippen LogP contribution in [0.3, 0.4) is 0 Å². The second-order valence-electron chi connectivity index (χ2n) is 3.08. The molecule has 2 rings (SSSR count). The van der Waals surface area contributed by atoms with E-state index in [1.807, 2.05) is 10.5 Å². The molecule has 0 spiro atoms. The Bertz CT molecular complexity index is 431. The summed E-state index contributed by atoms with van der Waals surface area (Å²) in [6, 6.07) is 4.29. The molecular weight excluding hydrogens is 167 g/mol. The van der Waals surface area contributed by atoms with Gasteiger partial charge in [0, 0.05) is 17.3 Å². The number of fused-ring (bicyclic) bond motifs is 1. The van der Waals surface area contributed by atoms with Crippen molar-refractivity contribution in [2.75, 3.05) is 0 Å². The molecule has 2 heterocycles. The van der Waals surface area contributed by atoms with Crippen LogP contribution in [0.4, 0.5) is 0 Å². The number of hydrogen-bond acceptors (Lipinski definition) is 1. The summed E-state index contributed by atoms with van der Waals surface area (Å²) in [5.74, 6) is 0. The molecule has 2 nitrogen and oxygen atoms in total. The molecule has 0 saturated heterocycles. The molecule has 0 amide bonds. The highest BCUT2D eigenvalue weighted by atomic mass is 31.0. The summed E-state index contributed by atoms with van der Waals surface area (Å²) in [4.78, 5) is 4.34. The van der Waals surface area contributed by atoms with Crippen LogP contribution in [-0.4, -0.2) is 9.32 Å². The van der Waals surface area contributed by atoms with Crippen molar-refractivity contribution in [1.29, 1.82) is 0 Å². The van der Waals surface area contributed by atoms with Crippen molar-refractivity contribution in [3.8, 4) is 0 Å². The summed E-state index contributed by atoms with van der Waals surface area (Å²) in [7, 11) is 2.66. The fourth-order valence-corrected chi connectivity index (χ4v) is 1.64. The maximum absolute atomic E-state index is 4.34. The van der Waals surface area contributed by atoms with Crippen LogP contribution in [0, 0.1) is 13.8 Å². The quantitative estimate of drug-likeness (QED) is 0.566. The van der Waals surface area contributed by atoms with Gasteiger partial charge in [0.05, 0.1) is 0 Å². The van der Waals surface area contributed by atoms with E-state index in [1.54, 1.807) is 0 Å². The van der Waals surface area contributed by atoms with Gasteiger partial charge in [-0.15, -0.1) is 0 Å². The van der Waals surface area contributed by atoms with Crippen LogP contribution in [0.1, 0.15) is 11.3 Å². The Morgan fingerprint density at radius 3 is 2.83 bits per heavy atom. The van der Waals surface area contributed by atoms with Crippen LogP contribution in [-0.2, 0) is 0 Å². The number of nitrogens with zero attached hydrogens (tertiary/aromatic N) is 2. The summed E-state index contributed by atoms with van der Waals surface area (Å²) in [5, 5.41) is 1.21. The highest BCUT2D eigenvalue weighted by molar-refractivity contribution is 7.15. The number of rotatable bonds is 0. The van der Waals surface area contributed by atoms with Gasteiger partial charge < -0.3 is 4.34 Å². The van der Waals surface area contributed by atoms with Crippen LogP contribution in [0.25, 0.3) is 11.0 Å². The zero-order valence-electron chi connectivity index (χ0n) is 7.20. The second kappa shape index (κ2) is 2.56. The molecule has 0 saturated carbocycles. The Kier molecular flexibility index (Phi) is 1.66. The Labute approximate surface area is 73.9 Å². The van der Waals surface area contributed by atoms with Crippen LogP contribution in [0.5, 0.6) is 0 Å². The molecule has 0 radical (unpaired) electrons. The first-order chi connectivity index (χ1) is 5.68. The summed E-state index contributed by atoms with van der Waals surface area (Å²) >= 11 is 0. The molecule has 0 fully saturated rings. The van der Waals surface area contributed by atoms with Crippen molar-refractivity contribution in [3.05, 3.63) is 29.6 Å². The van der Waals surface area contributed by atoms with Gasteiger partial charge in [-0.3, -0.25) is 0 Å². The van der Waals surface area contributed by atoms with Crippen LogP contribution >= 0.6 is 9.39 Å². The van der Waals surface area contributed by atoms with E-state index in [9.17, 15) is 0 Å². The number of hydrogen-bond donors (Lipinski definition) is 0. The minimum atomic E-state index is 1.03. The van der Waals surface area contributed by atoms with E-state index in [4.69, 9.17) is 0 Å². The minimum absolute atomic E-state index is 1.03. The monoisotopic (exact) mass is 178 g/mol. The molecule has 0 aromatic carbocycles. The SMILES string of the molecule is Cc1cnc2c(c1)cc(C)n2P. The molecule has 0 aliphatic carbocycles. The largest absolute Gasteiger partial charge is 0.314 e. The molecule has 2 aromatic rings. The van der Waals surface area contributed by atoms with Gasteiger partial charge in [-0.05, 0) is 40.9 Å². The van der Waals surface area contributed by atoms with E-state index in [-0.39, 0.29) is 0 Å². The Hall–Kier alpha value is -0.880. The van der Waals surface area contributed by atoms with E-state index in [1.165, 1.54) is 16.6 Å². The highest BCUT2D eigenvalue weighted by Crippen LogP contribution is 2.20. The van der Waals surface area contributed by atoms with Crippen LogP contribution in [0.2, 0.25) is 0 Å². The lowest BCUT2D eigenvalue weighted by molar-refractivity contribution is 1.17. The van der Waals surface area contributed by atoms with Gasteiger partial charge in [0.15, 0.2) is 0 Å². The lowest BCUT2D eigenvalue weighted by atomic mass is 10.2. The first-order valence-electron chi connectivity index (χ1n) is 3.88. The van der Waals surface area contributed by atoms with Gasteiger partial charge >= 0.3 is 0 Å². The summed E-state index contributed by atoms with van der Waals surface area (Å²) in [5.41, 5.74) is 3.45. The molecule has 3 heteroatoms. The predicted molar refractivity (Wildman–Crippen MR) is 54.3 cm³/mol. The molecule has 2 aromatic heterocycles. The molecular formula is C9H11N2P. The van der Waals surface area contributed by atoms with Gasteiger partial charge in [-0.2, -0.15) is 0 Å². The molecule has 0 bridgehead atoms. The normalized spacial score (nSPS) is 10.9. The Morgan fingerprint density at radius 2 is 2.08 bits per heavy atom. The highest BCUT2D eigenvalue weighted by Gasteiger charge is 2.02. The standard InChI is InChI=1S/C9H11N2P/c1-6-3-8-4-7(2)11(12)9(8)10-5-6/h3-5H,12H2,1-2H3. The first kappa shape index (κ1) is 7.75. The van der Waals surface area contributed by atoms with Crippen molar-refractivity contribution in [3.63, 3.8) is 0 Å². The summed E-state index contributed by atoms with van der Waals surface area (Å²) < 4.78 is 2.02. The van der Waals surface area contributed by atoms with Crippen molar-refractivity contribution in [2.45, 2.75) is 13.8 Å². The average Bonchev–Trinajstić information content (AvgIpc) is 2.28.